The Labute approximate surface area is 400 Å². The molecule has 2 spiro atoms. The van der Waals surface area contributed by atoms with Gasteiger partial charge in [0.25, 0.3) is 0 Å². The van der Waals surface area contributed by atoms with Gasteiger partial charge in [0.15, 0.2) is 0 Å². The summed E-state index contributed by atoms with van der Waals surface area (Å²) >= 11 is 1.92. The van der Waals surface area contributed by atoms with Crippen LogP contribution in [0, 0.1) is 23.7 Å². The maximum atomic E-state index is 2.64. The third kappa shape index (κ3) is 5.91. The molecule has 2 unspecified atom stereocenters. The molecule has 14 rings (SSSR count). The second kappa shape index (κ2) is 15.1. The van der Waals surface area contributed by atoms with Crippen LogP contribution in [0.5, 0.6) is 0 Å². The van der Waals surface area contributed by atoms with Crippen LogP contribution in [-0.2, 0) is 10.8 Å². The average Bonchev–Trinajstić information content (AvgIpc) is 3.98. The van der Waals surface area contributed by atoms with Crippen molar-refractivity contribution in [2.24, 2.45) is 23.7 Å². The molecule has 3 fully saturated rings. The van der Waals surface area contributed by atoms with Crippen LogP contribution < -0.4 is 4.90 Å². The molecule has 3 saturated carbocycles. The summed E-state index contributed by atoms with van der Waals surface area (Å²) < 4.78 is 2.68. The first kappa shape index (κ1) is 39.9. The molecule has 8 aromatic carbocycles. The summed E-state index contributed by atoms with van der Waals surface area (Å²) in [7, 11) is 0. The molecule has 0 amide bonds. The highest BCUT2D eigenvalue weighted by molar-refractivity contribution is 7.25. The van der Waals surface area contributed by atoms with Crippen molar-refractivity contribution in [2.75, 3.05) is 4.90 Å². The van der Waals surface area contributed by atoms with Crippen molar-refractivity contribution in [3.05, 3.63) is 198 Å². The van der Waals surface area contributed by atoms with Gasteiger partial charge in [0.1, 0.15) is 0 Å². The minimum Gasteiger partial charge on any atom is -0.310 e. The molecule has 0 radical (unpaired) electrons. The Balaban J connectivity index is 0.905. The lowest BCUT2D eigenvalue weighted by Crippen LogP contribution is -2.49. The van der Waals surface area contributed by atoms with Gasteiger partial charge in [0.2, 0.25) is 0 Å². The third-order valence-corrected chi connectivity index (χ3v) is 18.9. The minimum atomic E-state index is 0.0825. The first-order valence-corrected chi connectivity index (χ1v) is 26.2. The van der Waals surface area contributed by atoms with Gasteiger partial charge >= 0.3 is 0 Å². The lowest BCUT2D eigenvalue weighted by Gasteiger charge is -2.54. The molecule has 2 bridgehead atoms. The van der Waals surface area contributed by atoms with E-state index in [1.165, 1.54) is 151 Å². The lowest BCUT2D eigenvalue weighted by molar-refractivity contribution is 0.0426. The van der Waals surface area contributed by atoms with Crippen LogP contribution in [0.15, 0.2) is 176 Å². The van der Waals surface area contributed by atoms with Gasteiger partial charge in [-0.2, -0.15) is 0 Å². The summed E-state index contributed by atoms with van der Waals surface area (Å²) in [6.07, 6.45) is 11.8. The average molecular weight is 884 g/mol. The number of anilines is 3. The second-order valence-corrected chi connectivity index (χ2v) is 22.4. The highest BCUT2D eigenvalue weighted by atomic mass is 32.1. The predicted molar refractivity (Wildman–Crippen MR) is 284 cm³/mol. The predicted octanol–water partition coefficient (Wildman–Crippen LogP) is 18.4. The maximum absolute atomic E-state index is 2.64. The van der Waals surface area contributed by atoms with Crippen LogP contribution in [0.2, 0.25) is 0 Å². The lowest BCUT2D eigenvalue weighted by atomic mass is 9.49. The summed E-state index contributed by atoms with van der Waals surface area (Å²) in [5.41, 5.74) is 20.9. The molecule has 5 aliphatic rings. The zero-order valence-electron chi connectivity index (χ0n) is 38.8. The van der Waals surface area contributed by atoms with E-state index in [9.17, 15) is 0 Å². The van der Waals surface area contributed by atoms with Crippen LogP contribution in [-0.4, -0.2) is 0 Å². The van der Waals surface area contributed by atoms with Crippen molar-refractivity contribution < 1.29 is 0 Å². The molecule has 328 valence electrons. The van der Waals surface area contributed by atoms with E-state index in [4.69, 9.17) is 0 Å². The van der Waals surface area contributed by atoms with E-state index in [1.54, 1.807) is 11.1 Å². The highest BCUT2D eigenvalue weighted by Crippen LogP contribution is 2.65. The van der Waals surface area contributed by atoms with Crippen molar-refractivity contribution in [3.8, 4) is 44.5 Å². The molecule has 67 heavy (non-hydrogen) atoms. The number of hydrogen-bond acceptors (Lipinski definition) is 2. The molecule has 0 N–H and O–H groups in total. The van der Waals surface area contributed by atoms with Crippen LogP contribution in [0.25, 0.3) is 64.7 Å². The van der Waals surface area contributed by atoms with Crippen molar-refractivity contribution in [1.29, 1.82) is 0 Å². The van der Waals surface area contributed by atoms with Crippen molar-refractivity contribution in [2.45, 2.75) is 82.5 Å². The largest absolute Gasteiger partial charge is 0.310 e. The second-order valence-electron chi connectivity index (χ2n) is 21.3. The molecular formula is C65H57NS. The molecule has 0 saturated heterocycles. The summed E-state index contributed by atoms with van der Waals surface area (Å²) in [5, 5.41) is 2.67. The fourth-order valence-electron chi connectivity index (χ4n) is 15.1. The Kier molecular flexibility index (Phi) is 9.02. The molecule has 2 heteroatoms. The maximum Gasteiger partial charge on any atom is 0.0468 e. The first-order valence-electron chi connectivity index (χ1n) is 25.4. The van der Waals surface area contributed by atoms with Crippen LogP contribution in [0.4, 0.5) is 17.1 Å². The van der Waals surface area contributed by atoms with Gasteiger partial charge in [-0.1, -0.05) is 148 Å². The van der Waals surface area contributed by atoms with Gasteiger partial charge in [-0.25, -0.2) is 0 Å². The summed E-state index contributed by atoms with van der Waals surface area (Å²) in [4.78, 5) is 2.53. The molecule has 5 atom stereocenters. The van der Waals surface area contributed by atoms with Crippen LogP contribution in [0.1, 0.15) is 93.9 Å². The summed E-state index contributed by atoms with van der Waals surface area (Å²) in [5.74, 6) is 2.97. The highest BCUT2D eigenvalue weighted by Gasteiger charge is 2.56. The van der Waals surface area contributed by atoms with Gasteiger partial charge in [-0.05, 0) is 190 Å². The van der Waals surface area contributed by atoms with Crippen molar-refractivity contribution in [3.63, 3.8) is 0 Å². The van der Waals surface area contributed by atoms with Gasteiger partial charge < -0.3 is 4.90 Å². The van der Waals surface area contributed by atoms with E-state index < -0.39 is 0 Å². The number of thiophene rings is 1. The SMILES string of the molecule is C[C@@H]1CC2CC(C1)[C@@]1(c3ccccc3-c3ccc(-c4ccc5sc6ccc(N(c7ccc(-c8ccccc8)cc7)c7ccc8c(c7)C7(CCCCC7)c7ccccc7-8)cc6c5c4)cc31)[C@@H](C)C2. The Morgan fingerprint density at radius 1 is 0.433 bits per heavy atom. The normalized spacial score (nSPS) is 23.0. The fraction of sp³-hybridized carbons (Fsp3) is 0.262. The zero-order valence-corrected chi connectivity index (χ0v) is 39.6. The monoisotopic (exact) mass is 883 g/mol. The van der Waals surface area contributed by atoms with Gasteiger partial charge in [-0.3, -0.25) is 0 Å². The number of benzene rings is 8. The van der Waals surface area contributed by atoms with E-state index in [1.807, 2.05) is 11.3 Å². The Morgan fingerprint density at radius 3 is 1.84 bits per heavy atom. The first-order chi connectivity index (χ1) is 33.0. The van der Waals surface area contributed by atoms with E-state index in [0.29, 0.717) is 11.8 Å². The van der Waals surface area contributed by atoms with Gasteiger partial charge in [0, 0.05) is 48.1 Å². The number of rotatable bonds is 5. The number of fused-ring (bicyclic) bond motifs is 16. The van der Waals surface area contributed by atoms with E-state index >= 15 is 0 Å². The minimum absolute atomic E-state index is 0.0825. The number of nitrogens with zero attached hydrogens (tertiary/aromatic N) is 1. The standard InChI is InChI=1S/C65H57NS/c1-41-33-43-35-42(2)65(48(34-41)36-43)59-18-10-8-16-53(59)55-27-21-47(38-61(55)65)46-22-29-62-56(37-46)57-39-50(26-30-63(57)67-62)66(49-23-19-45(20-24-49)44-13-5-3-6-14-44)51-25-28-54-52-15-7-9-17-58(52)64(60(54)40-51)31-11-4-12-32-64/h3,5-10,13-30,37-43,48H,4,11-12,31-36H2,1-2H3/t41-,42+,43?,48?,65-/m1/s1. The molecular weight excluding hydrogens is 827 g/mol. The molecule has 5 aliphatic carbocycles. The van der Waals surface area contributed by atoms with Gasteiger partial charge in [-0.15, -0.1) is 11.3 Å². The summed E-state index contributed by atoms with van der Waals surface area (Å²) in [6.45, 7) is 5.11. The Bertz CT molecular complexity index is 3400. The smallest absolute Gasteiger partial charge is 0.0468 e. The molecule has 0 aliphatic heterocycles. The van der Waals surface area contributed by atoms with E-state index in [2.05, 4.69) is 195 Å². The van der Waals surface area contributed by atoms with Crippen LogP contribution in [0.3, 0.4) is 0 Å². The topological polar surface area (TPSA) is 3.24 Å². The zero-order chi connectivity index (χ0) is 44.4. The quantitative estimate of drug-likeness (QED) is 0.166. The molecule has 1 heterocycles. The molecule has 1 aromatic heterocycles. The third-order valence-electron chi connectivity index (χ3n) is 17.8. The number of hydrogen-bond donors (Lipinski definition) is 0. The van der Waals surface area contributed by atoms with E-state index in [0.717, 1.165) is 11.8 Å². The van der Waals surface area contributed by atoms with Gasteiger partial charge in [0.05, 0.1) is 0 Å². The fourth-order valence-corrected chi connectivity index (χ4v) is 16.2. The van der Waals surface area contributed by atoms with Crippen molar-refractivity contribution >= 4 is 48.6 Å². The Morgan fingerprint density at radius 2 is 1.01 bits per heavy atom. The summed E-state index contributed by atoms with van der Waals surface area (Å²) in [6, 6.07) is 68.2. The van der Waals surface area contributed by atoms with Crippen LogP contribution >= 0.6 is 11.3 Å². The Hall–Kier alpha value is -6.22. The molecule has 1 nitrogen and oxygen atoms in total. The molecule has 9 aromatic rings. The van der Waals surface area contributed by atoms with E-state index in [-0.39, 0.29) is 10.8 Å². The van der Waals surface area contributed by atoms with Crippen molar-refractivity contribution in [1.82, 2.24) is 0 Å².